The Labute approximate surface area is 137 Å². The maximum Gasteiger partial charge on any atom is 0.332 e. The van der Waals surface area contributed by atoms with E-state index in [1.807, 2.05) is 13.1 Å². The summed E-state index contributed by atoms with van der Waals surface area (Å²) in [5, 5.41) is 0. The van der Waals surface area contributed by atoms with E-state index in [1.165, 1.54) is 9.13 Å². The van der Waals surface area contributed by atoms with Gasteiger partial charge in [0, 0.05) is 32.1 Å². The van der Waals surface area contributed by atoms with E-state index in [0.29, 0.717) is 30.0 Å². The molecule has 8 heteroatoms. The van der Waals surface area contributed by atoms with Gasteiger partial charge in [-0.2, -0.15) is 4.98 Å². The van der Waals surface area contributed by atoms with Crippen molar-refractivity contribution in [3.63, 3.8) is 0 Å². The molecule has 1 aliphatic rings. The summed E-state index contributed by atoms with van der Waals surface area (Å²) in [6.07, 6.45) is 4.19. The predicted octanol–water partition coefficient (Wildman–Crippen LogP) is 0.657. The van der Waals surface area contributed by atoms with Crippen molar-refractivity contribution >= 4 is 16.9 Å². The van der Waals surface area contributed by atoms with E-state index in [9.17, 15) is 9.59 Å². The zero-order valence-corrected chi connectivity index (χ0v) is 14.2. The zero-order chi connectivity index (χ0) is 17.0. The van der Waals surface area contributed by atoms with E-state index in [-0.39, 0.29) is 17.4 Å². The molecule has 1 aliphatic heterocycles. The lowest BCUT2D eigenvalue weighted by Crippen LogP contribution is -2.38. The fourth-order valence-corrected chi connectivity index (χ4v) is 3.55. The average molecular weight is 331 g/mol. The maximum absolute atomic E-state index is 12.7. The molecule has 0 unspecified atom stereocenters. The minimum Gasteiger partial charge on any atom is -0.376 e. The molecule has 0 aliphatic carbocycles. The fraction of sp³-hybridized carbons (Fsp3) is 0.562. The van der Waals surface area contributed by atoms with E-state index in [2.05, 4.69) is 9.55 Å². The number of fused-ring (bicyclic) bond motifs is 3. The molecule has 3 aromatic rings. The van der Waals surface area contributed by atoms with Crippen LogP contribution in [-0.2, 0) is 24.9 Å². The second-order valence-corrected chi connectivity index (χ2v) is 6.36. The number of ether oxygens (including phenoxy) is 1. The molecule has 4 heterocycles. The number of aromatic nitrogens is 5. The molecule has 0 N–H and O–H groups in total. The molecule has 0 amide bonds. The molecule has 0 saturated carbocycles. The minimum absolute atomic E-state index is 0.177. The van der Waals surface area contributed by atoms with Crippen LogP contribution in [0.25, 0.3) is 16.9 Å². The quantitative estimate of drug-likeness (QED) is 0.706. The first-order valence-electron chi connectivity index (χ1n) is 8.32. The first-order chi connectivity index (χ1) is 11.5. The summed E-state index contributed by atoms with van der Waals surface area (Å²) >= 11 is 0. The average Bonchev–Trinajstić information content (AvgIpc) is 3.24. The van der Waals surface area contributed by atoms with Gasteiger partial charge in [0.2, 0.25) is 5.78 Å². The molecule has 128 valence electrons. The van der Waals surface area contributed by atoms with E-state index in [1.54, 1.807) is 18.4 Å². The van der Waals surface area contributed by atoms with Crippen molar-refractivity contribution < 1.29 is 4.74 Å². The highest BCUT2D eigenvalue weighted by atomic mass is 16.5. The molecule has 4 rings (SSSR count). The SMILES string of the molecule is CCn1c(=O)c2c(nc3n(C[C@@H]4CCCO4)c(C)cn23)n(C)c1=O. The summed E-state index contributed by atoms with van der Waals surface area (Å²) in [7, 11) is 1.65. The van der Waals surface area contributed by atoms with E-state index < -0.39 is 0 Å². The fourth-order valence-electron chi connectivity index (χ4n) is 3.55. The largest absolute Gasteiger partial charge is 0.376 e. The van der Waals surface area contributed by atoms with Crippen LogP contribution in [0.3, 0.4) is 0 Å². The molecule has 3 aromatic heterocycles. The van der Waals surface area contributed by atoms with E-state index in [0.717, 1.165) is 25.1 Å². The summed E-state index contributed by atoms with van der Waals surface area (Å²) in [6, 6.07) is 0. The lowest BCUT2D eigenvalue weighted by atomic mass is 10.2. The Morgan fingerprint density at radius 1 is 1.33 bits per heavy atom. The predicted molar refractivity (Wildman–Crippen MR) is 89.6 cm³/mol. The van der Waals surface area contributed by atoms with Gasteiger partial charge in [0.25, 0.3) is 5.56 Å². The summed E-state index contributed by atoms with van der Waals surface area (Å²) in [5.74, 6) is 0.680. The smallest absolute Gasteiger partial charge is 0.332 e. The Morgan fingerprint density at radius 2 is 2.12 bits per heavy atom. The van der Waals surface area contributed by atoms with Crippen LogP contribution in [0.1, 0.15) is 25.5 Å². The molecule has 24 heavy (non-hydrogen) atoms. The van der Waals surface area contributed by atoms with Crippen molar-refractivity contribution in [2.75, 3.05) is 6.61 Å². The Morgan fingerprint density at radius 3 is 2.79 bits per heavy atom. The van der Waals surface area contributed by atoms with Crippen LogP contribution in [0.2, 0.25) is 0 Å². The van der Waals surface area contributed by atoms with Gasteiger partial charge in [-0.15, -0.1) is 0 Å². The van der Waals surface area contributed by atoms with Crippen LogP contribution in [0.4, 0.5) is 0 Å². The molecule has 1 atom stereocenters. The van der Waals surface area contributed by atoms with Gasteiger partial charge in [-0.25, -0.2) is 4.79 Å². The summed E-state index contributed by atoms with van der Waals surface area (Å²) in [6.45, 7) is 5.63. The number of rotatable bonds is 3. The van der Waals surface area contributed by atoms with Crippen molar-refractivity contribution in [3.8, 4) is 0 Å². The molecule has 8 nitrogen and oxygen atoms in total. The van der Waals surface area contributed by atoms with Crippen LogP contribution >= 0.6 is 0 Å². The van der Waals surface area contributed by atoms with Crippen molar-refractivity contribution in [2.45, 2.75) is 45.9 Å². The number of hydrogen-bond acceptors (Lipinski definition) is 4. The first-order valence-corrected chi connectivity index (χ1v) is 8.32. The van der Waals surface area contributed by atoms with Crippen LogP contribution in [-0.4, -0.2) is 35.8 Å². The molecular formula is C16H21N5O3. The molecule has 0 spiro atoms. The highest BCUT2D eigenvalue weighted by Gasteiger charge is 2.22. The lowest BCUT2D eigenvalue weighted by molar-refractivity contribution is 0.0974. The second-order valence-electron chi connectivity index (χ2n) is 6.36. The minimum atomic E-state index is -0.335. The topological polar surface area (TPSA) is 75.5 Å². The Bertz CT molecular complexity index is 1050. The van der Waals surface area contributed by atoms with Crippen molar-refractivity contribution in [3.05, 3.63) is 32.7 Å². The van der Waals surface area contributed by atoms with Crippen LogP contribution in [0, 0.1) is 6.92 Å². The molecular weight excluding hydrogens is 310 g/mol. The van der Waals surface area contributed by atoms with Crippen molar-refractivity contribution in [1.29, 1.82) is 0 Å². The number of aryl methyl sites for hydroxylation is 2. The molecule has 0 radical (unpaired) electrons. The standard InChI is InChI=1S/C16H21N5O3/c1-4-19-14(22)12-13(18(3)16(19)23)17-15-20(10(2)8-21(12)15)9-11-6-5-7-24-11/h8,11H,4-7,9H2,1-3H3/t11-/m0/s1. The van der Waals surface area contributed by atoms with Crippen molar-refractivity contribution in [2.24, 2.45) is 7.05 Å². The molecule has 0 aromatic carbocycles. The van der Waals surface area contributed by atoms with Gasteiger partial charge >= 0.3 is 5.69 Å². The van der Waals surface area contributed by atoms with Gasteiger partial charge in [-0.3, -0.25) is 18.3 Å². The van der Waals surface area contributed by atoms with Crippen LogP contribution in [0.15, 0.2) is 15.8 Å². The monoisotopic (exact) mass is 331 g/mol. The first kappa shape index (κ1) is 15.2. The zero-order valence-electron chi connectivity index (χ0n) is 14.2. The summed E-state index contributed by atoms with van der Waals surface area (Å²) < 4.78 is 12.3. The molecule has 1 saturated heterocycles. The maximum atomic E-state index is 12.7. The van der Waals surface area contributed by atoms with E-state index >= 15 is 0 Å². The highest BCUT2D eigenvalue weighted by molar-refractivity contribution is 5.75. The van der Waals surface area contributed by atoms with Gasteiger partial charge in [0.05, 0.1) is 12.6 Å². The second kappa shape index (κ2) is 5.34. The van der Waals surface area contributed by atoms with Gasteiger partial charge in [-0.05, 0) is 26.7 Å². The Balaban J connectivity index is 2.01. The van der Waals surface area contributed by atoms with Gasteiger partial charge < -0.3 is 9.30 Å². The van der Waals surface area contributed by atoms with Gasteiger partial charge in [-0.1, -0.05) is 0 Å². The Hall–Kier alpha value is -2.35. The number of imidazole rings is 2. The highest BCUT2D eigenvalue weighted by Crippen LogP contribution is 2.20. The van der Waals surface area contributed by atoms with E-state index in [4.69, 9.17) is 4.74 Å². The Kier molecular flexibility index (Phi) is 3.38. The lowest BCUT2D eigenvalue weighted by Gasteiger charge is -2.11. The van der Waals surface area contributed by atoms with Crippen LogP contribution < -0.4 is 11.2 Å². The number of nitrogens with zero attached hydrogens (tertiary/aromatic N) is 5. The summed E-state index contributed by atoms with van der Waals surface area (Å²) in [4.78, 5) is 29.6. The third kappa shape index (κ3) is 1.99. The van der Waals surface area contributed by atoms with Gasteiger partial charge in [0.15, 0.2) is 11.2 Å². The molecule has 1 fully saturated rings. The van der Waals surface area contributed by atoms with Gasteiger partial charge in [0.1, 0.15) is 0 Å². The normalized spacial score (nSPS) is 18.2. The van der Waals surface area contributed by atoms with Crippen molar-refractivity contribution in [1.82, 2.24) is 23.1 Å². The third-order valence-electron chi connectivity index (χ3n) is 4.87. The third-order valence-corrected chi connectivity index (χ3v) is 4.87. The molecule has 0 bridgehead atoms. The van der Waals surface area contributed by atoms with Crippen LogP contribution in [0.5, 0.6) is 0 Å². The summed E-state index contributed by atoms with van der Waals surface area (Å²) in [5.41, 5.74) is 1.26. The number of hydrogen-bond donors (Lipinski definition) is 0.